The van der Waals surface area contributed by atoms with Gasteiger partial charge in [-0.25, -0.2) is 18.2 Å². The third-order valence-electron chi connectivity index (χ3n) is 4.89. The van der Waals surface area contributed by atoms with Crippen LogP contribution in [-0.2, 0) is 17.5 Å². The maximum Gasteiger partial charge on any atom is 0.336 e. The fourth-order valence-electron chi connectivity index (χ4n) is 3.31. The second-order valence-corrected chi connectivity index (χ2v) is 8.16. The summed E-state index contributed by atoms with van der Waals surface area (Å²) in [7, 11) is 0. The highest BCUT2D eigenvalue weighted by atomic mass is 32.2. The summed E-state index contributed by atoms with van der Waals surface area (Å²) < 4.78 is 33.5. The average molecular weight is 457 g/mol. The Kier molecular flexibility index (Phi) is 7.01. The molecule has 0 saturated heterocycles. The first-order valence-corrected chi connectivity index (χ1v) is 10.8. The molecule has 0 saturated carbocycles. The van der Waals surface area contributed by atoms with Crippen molar-refractivity contribution in [3.63, 3.8) is 0 Å². The standard InChI is InChI=1S/C23H20FNO6S/c1-13-10-18(20(23(28)29)12-17(13)22(26)27)19-11-14(8-9-32(30)31)2-7-21(19)25-16-5-3-15(24)4-6-16/h2-7,10-12,25H,8-9H2,1H3,(H,26,27)(H,28,29)(H,30,31). The minimum atomic E-state index is -1.99. The van der Waals surface area contributed by atoms with Gasteiger partial charge in [0.1, 0.15) is 5.82 Å². The molecule has 3 aromatic rings. The number of hydrogen-bond donors (Lipinski definition) is 4. The predicted molar refractivity (Wildman–Crippen MR) is 120 cm³/mol. The minimum Gasteiger partial charge on any atom is -0.478 e. The Morgan fingerprint density at radius 3 is 2.19 bits per heavy atom. The number of nitrogens with one attached hydrogen (secondary N) is 1. The van der Waals surface area contributed by atoms with E-state index in [9.17, 15) is 28.4 Å². The van der Waals surface area contributed by atoms with Gasteiger partial charge in [0, 0.05) is 16.9 Å². The van der Waals surface area contributed by atoms with E-state index in [1.54, 1.807) is 25.1 Å². The van der Waals surface area contributed by atoms with Gasteiger partial charge in [-0.2, -0.15) is 0 Å². The molecule has 166 valence electrons. The number of halogens is 1. The van der Waals surface area contributed by atoms with Gasteiger partial charge >= 0.3 is 11.9 Å². The molecule has 0 fully saturated rings. The quantitative estimate of drug-likeness (QED) is 0.361. The molecule has 0 aliphatic carbocycles. The number of aryl methyl sites for hydroxylation is 2. The van der Waals surface area contributed by atoms with Crippen LogP contribution in [0.2, 0.25) is 0 Å². The summed E-state index contributed by atoms with van der Waals surface area (Å²) in [5.74, 6) is -2.93. The summed E-state index contributed by atoms with van der Waals surface area (Å²) in [6.45, 7) is 1.57. The molecule has 0 bridgehead atoms. The zero-order valence-corrected chi connectivity index (χ0v) is 17.8. The van der Waals surface area contributed by atoms with Crippen LogP contribution in [0.3, 0.4) is 0 Å². The van der Waals surface area contributed by atoms with Crippen molar-refractivity contribution < 1.29 is 33.0 Å². The molecule has 1 atom stereocenters. The van der Waals surface area contributed by atoms with Gasteiger partial charge in [-0.15, -0.1) is 0 Å². The van der Waals surface area contributed by atoms with E-state index in [0.717, 1.165) is 6.07 Å². The molecule has 0 amide bonds. The van der Waals surface area contributed by atoms with Gasteiger partial charge in [-0.05, 0) is 78.6 Å². The fourth-order valence-corrected chi connectivity index (χ4v) is 3.72. The van der Waals surface area contributed by atoms with Crippen molar-refractivity contribution in [3.05, 3.63) is 82.7 Å². The lowest BCUT2D eigenvalue weighted by Crippen LogP contribution is -2.08. The Morgan fingerprint density at radius 1 is 0.938 bits per heavy atom. The van der Waals surface area contributed by atoms with Gasteiger partial charge in [0.15, 0.2) is 11.1 Å². The van der Waals surface area contributed by atoms with Gasteiger partial charge in [0.25, 0.3) is 0 Å². The van der Waals surface area contributed by atoms with E-state index in [1.165, 1.54) is 30.3 Å². The van der Waals surface area contributed by atoms with Crippen molar-refractivity contribution >= 4 is 34.4 Å². The second-order valence-electron chi connectivity index (χ2n) is 7.11. The highest BCUT2D eigenvalue weighted by molar-refractivity contribution is 7.79. The molecule has 32 heavy (non-hydrogen) atoms. The molecule has 9 heteroatoms. The van der Waals surface area contributed by atoms with Crippen LogP contribution in [0.1, 0.15) is 31.8 Å². The number of anilines is 2. The van der Waals surface area contributed by atoms with Crippen molar-refractivity contribution in [1.82, 2.24) is 0 Å². The number of hydrogen-bond acceptors (Lipinski definition) is 4. The van der Waals surface area contributed by atoms with Crippen LogP contribution in [0.5, 0.6) is 0 Å². The number of carboxylic acids is 2. The van der Waals surface area contributed by atoms with Crippen molar-refractivity contribution in [2.75, 3.05) is 11.1 Å². The maximum atomic E-state index is 13.3. The topological polar surface area (TPSA) is 124 Å². The average Bonchev–Trinajstić information content (AvgIpc) is 2.73. The normalized spacial score (nSPS) is 11.7. The Morgan fingerprint density at radius 2 is 1.59 bits per heavy atom. The number of benzene rings is 3. The van der Waals surface area contributed by atoms with Gasteiger partial charge in [0.2, 0.25) is 0 Å². The maximum absolute atomic E-state index is 13.3. The summed E-state index contributed by atoms with van der Waals surface area (Å²) in [6, 6.07) is 13.3. The number of aromatic carboxylic acids is 2. The summed E-state index contributed by atoms with van der Waals surface area (Å²) in [5.41, 5.74) is 2.59. The van der Waals surface area contributed by atoms with E-state index >= 15 is 0 Å². The zero-order valence-electron chi connectivity index (χ0n) is 17.0. The highest BCUT2D eigenvalue weighted by Gasteiger charge is 2.20. The molecule has 1 unspecified atom stereocenters. The van der Waals surface area contributed by atoms with Crippen molar-refractivity contribution in [2.24, 2.45) is 0 Å². The molecular formula is C23H20FNO6S. The molecule has 0 spiro atoms. The Bertz CT molecular complexity index is 1210. The molecule has 0 aromatic heterocycles. The van der Waals surface area contributed by atoms with E-state index < -0.39 is 28.8 Å². The molecule has 7 nitrogen and oxygen atoms in total. The van der Waals surface area contributed by atoms with Crippen molar-refractivity contribution in [1.29, 1.82) is 0 Å². The number of carbonyl (C=O) groups is 2. The van der Waals surface area contributed by atoms with Crippen LogP contribution in [0.4, 0.5) is 15.8 Å². The number of carboxylic acid groups (broad SMARTS) is 2. The molecule has 0 aliphatic heterocycles. The van der Waals surface area contributed by atoms with Crippen LogP contribution in [0.15, 0.2) is 54.6 Å². The number of rotatable bonds is 8. The third kappa shape index (κ3) is 5.37. The Hall–Kier alpha value is -3.56. The van der Waals surface area contributed by atoms with E-state index in [-0.39, 0.29) is 28.9 Å². The SMILES string of the molecule is Cc1cc(-c2cc(CCS(=O)O)ccc2Nc2ccc(F)cc2)c(C(=O)O)cc1C(=O)O. The molecular weight excluding hydrogens is 437 g/mol. The summed E-state index contributed by atoms with van der Waals surface area (Å²) >= 11 is -1.99. The van der Waals surface area contributed by atoms with E-state index in [0.29, 0.717) is 28.1 Å². The summed E-state index contributed by atoms with van der Waals surface area (Å²) in [5, 5.41) is 22.3. The Balaban J connectivity index is 2.19. The van der Waals surface area contributed by atoms with E-state index in [4.69, 9.17) is 4.55 Å². The lowest BCUT2D eigenvalue weighted by molar-refractivity contribution is 0.0695. The minimum absolute atomic E-state index is 0.00689. The first-order chi connectivity index (χ1) is 15.2. The first kappa shape index (κ1) is 23.1. The van der Waals surface area contributed by atoms with Crippen LogP contribution >= 0.6 is 0 Å². The lowest BCUT2D eigenvalue weighted by atomic mass is 9.91. The van der Waals surface area contributed by atoms with E-state index in [2.05, 4.69) is 5.32 Å². The van der Waals surface area contributed by atoms with E-state index in [1.807, 2.05) is 0 Å². The summed E-state index contributed by atoms with van der Waals surface area (Å²) in [6.07, 6.45) is 0.279. The molecule has 3 aromatic carbocycles. The van der Waals surface area contributed by atoms with Crippen molar-refractivity contribution in [2.45, 2.75) is 13.3 Å². The predicted octanol–water partition coefficient (Wildman–Crippen LogP) is 4.71. The first-order valence-electron chi connectivity index (χ1n) is 9.50. The molecule has 4 N–H and O–H groups in total. The fraction of sp³-hybridized carbons (Fsp3) is 0.130. The second kappa shape index (κ2) is 9.71. The zero-order chi connectivity index (χ0) is 23.4. The van der Waals surface area contributed by atoms with Gasteiger partial charge in [-0.1, -0.05) is 6.07 Å². The van der Waals surface area contributed by atoms with Gasteiger partial charge < -0.3 is 20.1 Å². The molecule has 0 radical (unpaired) electrons. The third-order valence-corrected chi connectivity index (χ3v) is 5.44. The Labute approximate surface area is 185 Å². The molecule has 3 rings (SSSR count). The van der Waals surface area contributed by atoms with Crippen molar-refractivity contribution in [3.8, 4) is 11.1 Å². The smallest absolute Gasteiger partial charge is 0.336 e. The van der Waals surface area contributed by atoms with Crippen LogP contribution in [-0.4, -0.2) is 36.7 Å². The molecule has 0 heterocycles. The summed E-state index contributed by atoms with van der Waals surface area (Å²) in [4.78, 5) is 23.5. The largest absolute Gasteiger partial charge is 0.478 e. The van der Waals surface area contributed by atoms with Crippen LogP contribution in [0, 0.1) is 12.7 Å². The van der Waals surface area contributed by atoms with Crippen LogP contribution < -0.4 is 5.32 Å². The van der Waals surface area contributed by atoms with Gasteiger partial charge in [-0.3, -0.25) is 0 Å². The lowest BCUT2D eigenvalue weighted by Gasteiger charge is -2.17. The molecule has 0 aliphatic rings. The van der Waals surface area contributed by atoms with Gasteiger partial charge in [0.05, 0.1) is 16.9 Å². The highest BCUT2D eigenvalue weighted by Crippen LogP contribution is 2.35. The van der Waals surface area contributed by atoms with Crippen LogP contribution in [0.25, 0.3) is 11.1 Å². The monoisotopic (exact) mass is 457 g/mol.